The number of rotatable bonds is 5. The summed E-state index contributed by atoms with van der Waals surface area (Å²) in [5.74, 6) is 0.268. The predicted octanol–water partition coefficient (Wildman–Crippen LogP) is 3.94. The van der Waals surface area contributed by atoms with Gasteiger partial charge in [-0.05, 0) is 42.0 Å². The van der Waals surface area contributed by atoms with Crippen molar-refractivity contribution in [3.63, 3.8) is 0 Å². The molecule has 1 N–H and O–H groups in total. The van der Waals surface area contributed by atoms with Gasteiger partial charge in [0.25, 0.3) is 5.91 Å². The molecule has 6 heteroatoms. The average Bonchev–Trinajstić information content (AvgIpc) is 3.09. The van der Waals surface area contributed by atoms with Crippen LogP contribution in [0.4, 0.5) is 5.69 Å². The predicted molar refractivity (Wildman–Crippen MR) is 99.7 cm³/mol. The molecule has 0 aliphatic carbocycles. The molecule has 1 atom stereocenters. The van der Waals surface area contributed by atoms with Crippen molar-refractivity contribution >= 4 is 33.7 Å². The first-order valence-corrected chi connectivity index (χ1v) is 9.93. The van der Waals surface area contributed by atoms with E-state index < -0.39 is 10.8 Å². The molecule has 1 amide bonds. The van der Waals surface area contributed by atoms with Crippen LogP contribution in [0.25, 0.3) is 10.6 Å². The van der Waals surface area contributed by atoms with E-state index in [1.807, 2.05) is 41.8 Å². The molecule has 1 unspecified atom stereocenters. The van der Waals surface area contributed by atoms with Crippen molar-refractivity contribution in [2.24, 2.45) is 0 Å². The van der Waals surface area contributed by atoms with Gasteiger partial charge < -0.3 is 5.32 Å². The zero-order valence-corrected chi connectivity index (χ0v) is 14.7. The van der Waals surface area contributed by atoms with Crippen LogP contribution in [0, 0.1) is 0 Å². The highest BCUT2D eigenvalue weighted by Crippen LogP contribution is 2.23. The van der Waals surface area contributed by atoms with Crippen LogP contribution >= 0.6 is 11.3 Å². The Morgan fingerprint density at radius 3 is 2.67 bits per heavy atom. The second-order valence-corrected chi connectivity index (χ2v) is 7.62. The molecule has 3 rings (SSSR count). The molecule has 1 aromatic heterocycles. The first-order chi connectivity index (χ1) is 11.6. The maximum absolute atomic E-state index is 12.4. The molecule has 0 spiro atoms. The zero-order valence-electron chi connectivity index (χ0n) is 13.1. The Labute approximate surface area is 147 Å². The van der Waals surface area contributed by atoms with Crippen LogP contribution in [-0.4, -0.2) is 21.4 Å². The van der Waals surface area contributed by atoms with Crippen molar-refractivity contribution in [1.29, 1.82) is 0 Å². The van der Waals surface area contributed by atoms with E-state index in [1.54, 1.807) is 35.9 Å². The van der Waals surface area contributed by atoms with Crippen LogP contribution in [0.1, 0.15) is 15.9 Å². The van der Waals surface area contributed by atoms with E-state index in [4.69, 9.17) is 0 Å². The molecule has 1 heterocycles. The maximum Gasteiger partial charge on any atom is 0.255 e. The summed E-state index contributed by atoms with van der Waals surface area (Å²) in [6.45, 7) is 0. The quantitative estimate of drug-likeness (QED) is 0.753. The largest absolute Gasteiger partial charge is 0.322 e. The first-order valence-electron chi connectivity index (χ1n) is 7.32. The van der Waals surface area contributed by atoms with Gasteiger partial charge in [-0.2, -0.15) is 0 Å². The Hall–Kier alpha value is -2.31. The monoisotopic (exact) mass is 356 g/mol. The van der Waals surface area contributed by atoms with Crippen molar-refractivity contribution in [2.75, 3.05) is 11.6 Å². The van der Waals surface area contributed by atoms with Crippen molar-refractivity contribution in [2.45, 2.75) is 5.75 Å². The third kappa shape index (κ3) is 4.15. The smallest absolute Gasteiger partial charge is 0.255 e. The van der Waals surface area contributed by atoms with Gasteiger partial charge in [0, 0.05) is 51.2 Å². The molecule has 0 saturated heterocycles. The SMILES string of the molecule is CS(=O)Cc1cccc(C(=O)Nc2ccc(-c3nccs3)cc2)c1. The molecule has 0 saturated carbocycles. The summed E-state index contributed by atoms with van der Waals surface area (Å²) >= 11 is 1.58. The van der Waals surface area contributed by atoms with Gasteiger partial charge >= 0.3 is 0 Å². The third-order valence-electron chi connectivity index (χ3n) is 3.38. The lowest BCUT2D eigenvalue weighted by molar-refractivity contribution is 0.102. The second kappa shape index (κ2) is 7.51. The van der Waals surface area contributed by atoms with E-state index in [9.17, 15) is 9.00 Å². The summed E-state index contributed by atoms with van der Waals surface area (Å²) in [6, 6.07) is 14.8. The normalized spacial score (nSPS) is 11.9. The Morgan fingerprint density at radius 2 is 2.00 bits per heavy atom. The van der Waals surface area contributed by atoms with Crippen molar-refractivity contribution < 1.29 is 9.00 Å². The van der Waals surface area contributed by atoms with Crippen LogP contribution < -0.4 is 5.32 Å². The van der Waals surface area contributed by atoms with Crippen LogP contribution in [0.15, 0.2) is 60.1 Å². The van der Waals surface area contributed by atoms with Crippen LogP contribution in [0.3, 0.4) is 0 Å². The van der Waals surface area contributed by atoms with Crippen LogP contribution in [0.2, 0.25) is 0 Å². The average molecular weight is 356 g/mol. The standard InChI is InChI=1S/C18H16N2O2S2/c1-24(22)12-13-3-2-4-15(11-13)17(21)20-16-7-5-14(6-8-16)18-19-9-10-23-18/h2-11H,12H2,1H3,(H,20,21). The van der Waals surface area contributed by atoms with Crippen LogP contribution in [-0.2, 0) is 16.6 Å². The first kappa shape index (κ1) is 16.5. The Morgan fingerprint density at radius 1 is 1.21 bits per heavy atom. The lowest BCUT2D eigenvalue weighted by Gasteiger charge is -2.07. The third-order valence-corrected chi connectivity index (χ3v) is 4.94. The highest BCUT2D eigenvalue weighted by molar-refractivity contribution is 7.83. The maximum atomic E-state index is 12.4. The fourth-order valence-corrected chi connectivity index (χ4v) is 3.60. The highest BCUT2D eigenvalue weighted by atomic mass is 32.2. The topological polar surface area (TPSA) is 59.1 Å². The summed E-state index contributed by atoms with van der Waals surface area (Å²) in [4.78, 5) is 16.6. The molecule has 0 bridgehead atoms. The number of amides is 1. The number of aromatic nitrogens is 1. The fraction of sp³-hybridized carbons (Fsp3) is 0.111. The molecule has 4 nitrogen and oxygen atoms in total. The van der Waals surface area contributed by atoms with Gasteiger partial charge in [0.15, 0.2) is 0 Å². The number of hydrogen-bond donors (Lipinski definition) is 1. The molecular formula is C18H16N2O2S2. The molecule has 122 valence electrons. The summed E-state index contributed by atoms with van der Waals surface area (Å²) in [5.41, 5.74) is 3.20. The van der Waals surface area contributed by atoms with E-state index in [1.165, 1.54) is 0 Å². The molecule has 0 aliphatic heterocycles. The van der Waals surface area contributed by atoms with Crippen molar-refractivity contribution in [1.82, 2.24) is 4.98 Å². The number of anilines is 1. The molecule has 0 radical (unpaired) electrons. The van der Waals surface area contributed by atoms with Gasteiger partial charge in [0.05, 0.1) is 0 Å². The van der Waals surface area contributed by atoms with E-state index in [0.29, 0.717) is 11.3 Å². The number of hydrogen-bond acceptors (Lipinski definition) is 4. The lowest BCUT2D eigenvalue weighted by atomic mass is 10.1. The van der Waals surface area contributed by atoms with Gasteiger partial charge in [-0.25, -0.2) is 4.98 Å². The van der Waals surface area contributed by atoms with Crippen LogP contribution in [0.5, 0.6) is 0 Å². The fourth-order valence-electron chi connectivity index (χ4n) is 2.30. The molecule has 3 aromatic rings. The highest BCUT2D eigenvalue weighted by Gasteiger charge is 2.08. The van der Waals surface area contributed by atoms with Gasteiger partial charge in [-0.1, -0.05) is 12.1 Å². The van der Waals surface area contributed by atoms with Gasteiger partial charge in [0.1, 0.15) is 5.01 Å². The number of thiazole rings is 1. The van der Waals surface area contributed by atoms with Gasteiger partial charge in [-0.15, -0.1) is 11.3 Å². The number of carbonyl (C=O) groups excluding carboxylic acids is 1. The van der Waals surface area contributed by atoms with Gasteiger partial charge in [0.2, 0.25) is 0 Å². The zero-order chi connectivity index (χ0) is 16.9. The lowest BCUT2D eigenvalue weighted by Crippen LogP contribution is -2.12. The van der Waals surface area contributed by atoms with E-state index in [0.717, 1.165) is 21.8 Å². The Balaban J connectivity index is 1.71. The Kier molecular flexibility index (Phi) is 5.17. The van der Waals surface area contributed by atoms with E-state index >= 15 is 0 Å². The summed E-state index contributed by atoms with van der Waals surface area (Å²) in [6.07, 6.45) is 3.42. The molecule has 24 heavy (non-hydrogen) atoms. The van der Waals surface area contributed by atoms with Crippen molar-refractivity contribution in [3.8, 4) is 10.6 Å². The van der Waals surface area contributed by atoms with E-state index in [2.05, 4.69) is 10.3 Å². The van der Waals surface area contributed by atoms with Gasteiger partial charge in [-0.3, -0.25) is 9.00 Å². The van der Waals surface area contributed by atoms with E-state index in [-0.39, 0.29) is 5.91 Å². The number of carbonyl (C=O) groups is 1. The number of nitrogens with one attached hydrogen (secondary N) is 1. The summed E-state index contributed by atoms with van der Waals surface area (Å²) < 4.78 is 11.3. The summed E-state index contributed by atoms with van der Waals surface area (Å²) in [5, 5.41) is 5.76. The molecule has 0 aliphatic rings. The minimum atomic E-state index is -0.930. The van der Waals surface area contributed by atoms with Crippen molar-refractivity contribution in [3.05, 3.63) is 71.2 Å². The number of benzene rings is 2. The number of nitrogens with zero attached hydrogens (tertiary/aromatic N) is 1. The molecule has 2 aromatic carbocycles. The molecule has 0 fully saturated rings. The minimum Gasteiger partial charge on any atom is -0.322 e. The minimum absolute atomic E-state index is 0.180. The Bertz CT molecular complexity index is 859. The second-order valence-electron chi connectivity index (χ2n) is 5.29. The summed E-state index contributed by atoms with van der Waals surface area (Å²) in [7, 11) is -0.930. The molecular weight excluding hydrogens is 340 g/mol.